The predicted molar refractivity (Wildman–Crippen MR) is 82.6 cm³/mol. The second-order valence-electron chi connectivity index (χ2n) is 4.34. The molecule has 2 rings (SSSR count). The number of hydrogen-bond acceptors (Lipinski definition) is 5. The maximum atomic E-state index is 12.7. The zero-order chi connectivity index (χ0) is 15.4. The van der Waals surface area contributed by atoms with Gasteiger partial charge in [-0.2, -0.15) is 5.10 Å². The van der Waals surface area contributed by atoms with Crippen molar-refractivity contribution in [2.24, 2.45) is 0 Å². The van der Waals surface area contributed by atoms with Gasteiger partial charge in [-0.15, -0.1) is 0 Å². The standard InChI is InChI=1S/C14H16BrN3O3/c1-20-6-5-18-13(11(15)8-17-18)14(19)10-4-3-9(21-2)7-12(10)16/h3-4,7-8H,5-6,16H2,1-2H3. The van der Waals surface area contributed by atoms with Crippen molar-refractivity contribution in [3.05, 3.63) is 40.1 Å². The second-order valence-corrected chi connectivity index (χ2v) is 5.19. The summed E-state index contributed by atoms with van der Waals surface area (Å²) in [7, 11) is 3.15. The van der Waals surface area contributed by atoms with E-state index in [1.54, 1.807) is 43.3 Å². The van der Waals surface area contributed by atoms with Crippen molar-refractivity contribution >= 4 is 27.4 Å². The summed E-state index contributed by atoms with van der Waals surface area (Å²) in [4.78, 5) is 12.7. The van der Waals surface area contributed by atoms with Crippen LogP contribution in [-0.4, -0.2) is 36.4 Å². The predicted octanol–water partition coefficient (Wildman–Crippen LogP) is 2.11. The van der Waals surface area contributed by atoms with Gasteiger partial charge in [-0.05, 0) is 28.1 Å². The Morgan fingerprint density at radius 2 is 2.19 bits per heavy atom. The zero-order valence-electron chi connectivity index (χ0n) is 11.8. The minimum atomic E-state index is -0.198. The van der Waals surface area contributed by atoms with Gasteiger partial charge in [-0.3, -0.25) is 9.48 Å². The largest absolute Gasteiger partial charge is 0.497 e. The molecule has 112 valence electrons. The monoisotopic (exact) mass is 353 g/mol. The molecule has 0 aliphatic rings. The summed E-state index contributed by atoms with van der Waals surface area (Å²) in [5.74, 6) is 0.409. The molecule has 1 aromatic heterocycles. The van der Waals surface area contributed by atoms with Crippen molar-refractivity contribution < 1.29 is 14.3 Å². The molecule has 2 N–H and O–H groups in total. The van der Waals surface area contributed by atoms with Gasteiger partial charge in [-0.25, -0.2) is 0 Å². The van der Waals surface area contributed by atoms with Gasteiger partial charge in [0, 0.05) is 24.4 Å². The van der Waals surface area contributed by atoms with Crippen molar-refractivity contribution in [3.8, 4) is 5.75 Å². The van der Waals surface area contributed by atoms with Crippen molar-refractivity contribution in [1.29, 1.82) is 0 Å². The Kier molecular flexibility index (Phi) is 4.98. The fraction of sp³-hybridized carbons (Fsp3) is 0.286. The van der Waals surface area contributed by atoms with Crippen LogP contribution in [0.2, 0.25) is 0 Å². The Balaban J connectivity index is 2.38. The van der Waals surface area contributed by atoms with Crippen molar-refractivity contribution in [2.75, 3.05) is 26.6 Å². The van der Waals surface area contributed by atoms with Gasteiger partial charge in [0.25, 0.3) is 0 Å². The van der Waals surface area contributed by atoms with Gasteiger partial charge in [-0.1, -0.05) is 0 Å². The number of hydrogen-bond donors (Lipinski definition) is 1. The maximum absolute atomic E-state index is 12.7. The summed E-state index contributed by atoms with van der Waals surface area (Å²) >= 11 is 3.35. The third-order valence-electron chi connectivity index (χ3n) is 3.02. The molecule has 0 saturated heterocycles. The van der Waals surface area contributed by atoms with Crippen molar-refractivity contribution in [3.63, 3.8) is 0 Å². The molecular formula is C14H16BrN3O3. The molecule has 0 aliphatic carbocycles. The Morgan fingerprint density at radius 3 is 2.81 bits per heavy atom. The number of halogens is 1. The first-order valence-electron chi connectivity index (χ1n) is 6.27. The van der Waals surface area contributed by atoms with Crippen LogP contribution in [0.4, 0.5) is 5.69 Å². The van der Waals surface area contributed by atoms with Crippen LogP contribution in [0.5, 0.6) is 5.75 Å². The molecule has 6 nitrogen and oxygen atoms in total. The topological polar surface area (TPSA) is 79.4 Å². The second kappa shape index (κ2) is 6.73. The molecule has 7 heteroatoms. The van der Waals surface area contributed by atoms with Gasteiger partial charge in [0.1, 0.15) is 11.4 Å². The lowest BCUT2D eigenvalue weighted by Crippen LogP contribution is -2.16. The molecule has 0 atom stereocenters. The number of benzene rings is 1. The number of carbonyl (C=O) groups is 1. The SMILES string of the molecule is COCCn1ncc(Br)c1C(=O)c1ccc(OC)cc1N. The summed E-state index contributed by atoms with van der Waals surface area (Å²) in [6.45, 7) is 0.950. The summed E-state index contributed by atoms with van der Waals surface area (Å²) in [6, 6.07) is 4.97. The molecule has 0 spiro atoms. The lowest BCUT2D eigenvalue weighted by molar-refractivity contribution is 0.102. The molecule has 0 saturated carbocycles. The van der Waals surface area contributed by atoms with Crippen LogP contribution in [0.25, 0.3) is 0 Å². The van der Waals surface area contributed by atoms with E-state index in [2.05, 4.69) is 21.0 Å². The number of nitrogens with two attached hydrogens (primary N) is 1. The lowest BCUT2D eigenvalue weighted by atomic mass is 10.1. The third kappa shape index (κ3) is 3.25. The summed E-state index contributed by atoms with van der Waals surface area (Å²) in [5, 5.41) is 4.17. The molecule has 0 radical (unpaired) electrons. The lowest BCUT2D eigenvalue weighted by Gasteiger charge is -2.10. The average molecular weight is 354 g/mol. The highest BCUT2D eigenvalue weighted by atomic mass is 79.9. The van der Waals surface area contributed by atoms with Crippen LogP contribution >= 0.6 is 15.9 Å². The molecule has 0 amide bonds. The highest BCUT2D eigenvalue weighted by molar-refractivity contribution is 9.10. The first-order chi connectivity index (χ1) is 10.1. The van der Waals surface area contributed by atoms with Gasteiger partial charge in [0.05, 0.1) is 30.9 Å². The van der Waals surface area contributed by atoms with Crippen LogP contribution in [-0.2, 0) is 11.3 Å². The molecule has 21 heavy (non-hydrogen) atoms. The van der Waals surface area contributed by atoms with Crippen molar-refractivity contribution in [1.82, 2.24) is 9.78 Å². The number of methoxy groups -OCH3 is 2. The number of ether oxygens (including phenoxy) is 2. The summed E-state index contributed by atoms with van der Waals surface area (Å²) in [6.07, 6.45) is 1.59. The van der Waals surface area contributed by atoms with Crippen LogP contribution in [0.15, 0.2) is 28.9 Å². The van der Waals surface area contributed by atoms with Gasteiger partial charge >= 0.3 is 0 Å². The highest BCUT2D eigenvalue weighted by Crippen LogP contribution is 2.25. The molecule has 0 bridgehead atoms. The smallest absolute Gasteiger partial charge is 0.214 e. The molecule has 0 unspecified atom stereocenters. The van der Waals surface area contributed by atoms with Gasteiger partial charge in [0.2, 0.25) is 5.78 Å². The fourth-order valence-electron chi connectivity index (χ4n) is 1.94. The Labute approximate surface area is 131 Å². The van der Waals surface area contributed by atoms with E-state index < -0.39 is 0 Å². The van der Waals surface area contributed by atoms with E-state index in [1.807, 2.05) is 0 Å². The van der Waals surface area contributed by atoms with E-state index in [0.29, 0.717) is 40.3 Å². The number of nitrogen functional groups attached to an aromatic ring is 1. The molecule has 2 aromatic rings. The van der Waals surface area contributed by atoms with E-state index in [1.165, 1.54) is 0 Å². The van der Waals surface area contributed by atoms with Crippen LogP contribution in [0.1, 0.15) is 16.1 Å². The molecule has 1 heterocycles. The summed E-state index contributed by atoms with van der Waals surface area (Å²) < 4.78 is 12.3. The minimum absolute atomic E-state index is 0.198. The first kappa shape index (κ1) is 15.5. The van der Waals surface area contributed by atoms with Gasteiger partial charge in [0.15, 0.2) is 0 Å². The highest BCUT2D eigenvalue weighted by Gasteiger charge is 2.21. The van der Waals surface area contributed by atoms with Crippen LogP contribution in [0.3, 0.4) is 0 Å². The number of aromatic nitrogens is 2. The van der Waals surface area contributed by atoms with Crippen LogP contribution < -0.4 is 10.5 Å². The van der Waals surface area contributed by atoms with Crippen LogP contribution in [0, 0.1) is 0 Å². The minimum Gasteiger partial charge on any atom is -0.497 e. The Hall–Kier alpha value is -1.86. The normalized spacial score (nSPS) is 10.6. The van der Waals surface area contributed by atoms with E-state index in [9.17, 15) is 4.79 Å². The first-order valence-corrected chi connectivity index (χ1v) is 7.06. The maximum Gasteiger partial charge on any atom is 0.214 e. The number of carbonyl (C=O) groups excluding carboxylic acids is 1. The summed E-state index contributed by atoms with van der Waals surface area (Å²) in [5.41, 5.74) is 7.16. The molecular weight excluding hydrogens is 338 g/mol. The number of ketones is 1. The Morgan fingerprint density at radius 1 is 1.43 bits per heavy atom. The average Bonchev–Trinajstić information content (AvgIpc) is 2.85. The fourth-order valence-corrected chi connectivity index (χ4v) is 2.41. The third-order valence-corrected chi connectivity index (χ3v) is 3.60. The zero-order valence-corrected chi connectivity index (χ0v) is 13.4. The molecule has 1 aromatic carbocycles. The molecule has 0 fully saturated rings. The Bertz CT molecular complexity index is 655. The van der Waals surface area contributed by atoms with E-state index in [0.717, 1.165) is 0 Å². The molecule has 0 aliphatic heterocycles. The van der Waals surface area contributed by atoms with E-state index in [4.69, 9.17) is 15.2 Å². The van der Waals surface area contributed by atoms with E-state index >= 15 is 0 Å². The van der Waals surface area contributed by atoms with Crippen molar-refractivity contribution in [2.45, 2.75) is 6.54 Å². The van der Waals surface area contributed by atoms with E-state index in [-0.39, 0.29) is 5.78 Å². The number of rotatable bonds is 6. The van der Waals surface area contributed by atoms with Gasteiger partial charge < -0.3 is 15.2 Å². The quantitative estimate of drug-likeness (QED) is 0.635. The number of anilines is 1. The number of nitrogens with zero attached hydrogens (tertiary/aromatic N) is 2.